The minimum absolute atomic E-state index is 0.913. The van der Waals surface area contributed by atoms with Gasteiger partial charge in [0.05, 0.1) is 11.0 Å². The number of fused-ring (bicyclic) bond motifs is 6. The zero-order valence-electron chi connectivity index (χ0n) is 24.5. The molecule has 0 aliphatic heterocycles. The van der Waals surface area contributed by atoms with Gasteiger partial charge in [-0.25, -0.2) is 0 Å². The summed E-state index contributed by atoms with van der Waals surface area (Å²) >= 11 is 0. The van der Waals surface area contributed by atoms with E-state index in [9.17, 15) is 0 Å². The summed E-state index contributed by atoms with van der Waals surface area (Å²) in [7, 11) is 0. The van der Waals surface area contributed by atoms with Crippen LogP contribution >= 0.6 is 0 Å². The Morgan fingerprint density at radius 3 is 1.62 bits per heavy atom. The van der Waals surface area contributed by atoms with Gasteiger partial charge in [-0.3, -0.25) is 0 Å². The molecule has 0 saturated carbocycles. The fraction of sp³-hybridized carbons (Fsp3) is 0. The molecule has 2 aromatic heterocycles. The van der Waals surface area contributed by atoms with Gasteiger partial charge in [-0.2, -0.15) is 0 Å². The van der Waals surface area contributed by atoms with Crippen molar-refractivity contribution >= 4 is 60.8 Å². The van der Waals surface area contributed by atoms with Crippen molar-refractivity contribution in [3.8, 4) is 16.8 Å². The zero-order chi connectivity index (χ0) is 29.7. The molecule has 9 aromatic rings. The van der Waals surface area contributed by atoms with Crippen LogP contribution in [0.5, 0.6) is 0 Å². The third-order valence-corrected chi connectivity index (χ3v) is 8.80. The Labute approximate surface area is 260 Å². The van der Waals surface area contributed by atoms with Gasteiger partial charge in [-0.05, 0) is 72.3 Å². The number of hydrogen-bond donors (Lipinski definition) is 0. The summed E-state index contributed by atoms with van der Waals surface area (Å²) in [5.41, 5.74) is 10.9. The summed E-state index contributed by atoms with van der Waals surface area (Å²) in [5, 5.41) is 4.81. The van der Waals surface area contributed by atoms with E-state index in [0.29, 0.717) is 0 Å². The predicted octanol–water partition coefficient (Wildman–Crippen LogP) is 11.8. The van der Waals surface area contributed by atoms with Crippen molar-refractivity contribution in [3.05, 3.63) is 170 Å². The van der Waals surface area contributed by atoms with E-state index in [2.05, 4.69) is 167 Å². The largest absolute Gasteiger partial charge is 0.455 e. The normalized spacial score (nSPS) is 11.6. The molecule has 3 nitrogen and oxygen atoms in total. The van der Waals surface area contributed by atoms with Crippen molar-refractivity contribution in [1.82, 2.24) is 4.57 Å². The quantitative estimate of drug-likeness (QED) is 0.203. The second-order valence-electron chi connectivity index (χ2n) is 11.4. The van der Waals surface area contributed by atoms with Crippen LogP contribution in [0.2, 0.25) is 0 Å². The summed E-state index contributed by atoms with van der Waals surface area (Å²) < 4.78 is 8.69. The lowest BCUT2D eigenvalue weighted by Crippen LogP contribution is -2.10. The Balaban J connectivity index is 1.13. The Kier molecular flexibility index (Phi) is 5.82. The lowest BCUT2D eigenvalue weighted by atomic mass is 10.0. The van der Waals surface area contributed by atoms with Crippen LogP contribution in [0, 0.1) is 0 Å². The topological polar surface area (TPSA) is 21.3 Å². The number of aromatic nitrogens is 1. The monoisotopic (exact) mass is 576 g/mol. The van der Waals surface area contributed by atoms with Gasteiger partial charge in [0.25, 0.3) is 0 Å². The van der Waals surface area contributed by atoms with Gasteiger partial charge in [-0.15, -0.1) is 0 Å². The molecule has 0 bridgehead atoms. The molecule has 45 heavy (non-hydrogen) atoms. The van der Waals surface area contributed by atoms with Gasteiger partial charge in [-0.1, -0.05) is 103 Å². The summed E-state index contributed by atoms with van der Waals surface area (Å²) in [4.78, 5) is 2.31. The Hall–Kier alpha value is -6.06. The van der Waals surface area contributed by atoms with E-state index in [1.807, 2.05) is 12.1 Å². The maximum atomic E-state index is 6.34. The van der Waals surface area contributed by atoms with E-state index < -0.39 is 0 Å². The highest BCUT2D eigenvalue weighted by atomic mass is 16.3. The van der Waals surface area contributed by atoms with Gasteiger partial charge in [0, 0.05) is 49.9 Å². The van der Waals surface area contributed by atoms with Crippen molar-refractivity contribution in [2.75, 3.05) is 4.90 Å². The fourth-order valence-corrected chi connectivity index (χ4v) is 6.74. The van der Waals surface area contributed by atoms with Gasteiger partial charge in [0.1, 0.15) is 11.2 Å². The number of benzene rings is 7. The molecule has 0 unspecified atom stereocenters. The second kappa shape index (κ2) is 10.3. The van der Waals surface area contributed by atoms with Crippen molar-refractivity contribution in [3.63, 3.8) is 0 Å². The smallest absolute Gasteiger partial charge is 0.143 e. The van der Waals surface area contributed by atoms with Crippen molar-refractivity contribution in [1.29, 1.82) is 0 Å². The van der Waals surface area contributed by atoms with Crippen LogP contribution in [0.15, 0.2) is 174 Å². The molecule has 9 rings (SSSR count). The van der Waals surface area contributed by atoms with Crippen LogP contribution in [-0.4, -0.2) is 4.57 Å². The first-order valence-electron chi connectivity index (χ1n) is 15.3. The third-order valence-electron chi connectivity index (χ3n) is 8.80. The maximum absolute atomic E-state index is 6.34. The number of furan rings is 1. The molecule has 0 N–H and O–H groups in total. The summed E-state index contributed by atoms with van der Waals surface area (Å²) in [5.74, 6) is 0. The SMILES string of the molecule is c1ccc(N(c2ccc(-c3cccc4c3oc3ccccc34)cc2)c2ccc(-n3c4ccccc4c4ccccc43)cc2)cc1. The van der Waals surface area contributed by atoms with Crippen LogP contribution in [-0.2, 0) is 0 Å². The van der Waals surface area contributed by atoms with E-state index in [-0.39, 0.29) is 0 Å². The first-order valence-corrected chi connectivity index (χ1v) is 15.3. The maximum Gasteiger partial charge on any atom is 0.143 e. The van der Waals surface area contributed by atoms with Crippen molar-refractivity contribution in [2.45, 2.75) is 0 Å². The molecule has 0 aliphatic rings. The van der Waals surface area contributed by atoms with Crippen LogP contribution < -0.4 is 4.90 Å². The van der Waals surface area contributed by atoms with Gasteiger partial charge in [0.15, 0.2) is 0 Å². The fourth-order valence-electron chi connectivity index (χ4n) is 6.74. The molecule has 3 heteroatoms. The highest BCUT2D eigenvalue weighted by molar-refractivity contribution is 6.10. The van der Waals surface area contributed by atoms with Crippen LogP contribution in [0.4, 0.5) is 17.1 Å². The number of para-hydroxylation sites is 5. The minimum atomic E-state index is 0.913. The zero-order valence-corrected chi connectivity index (χ0v) is 24.5. The average Bonchev–Trinajstić information content (AvgIpc) is 3.66. The van der Waals surface area contributed by atoms with Crippen LogP contribution in [0.1, 0.15) is 0 Å². The second-order valence-corrected chi connectivity index (χ2v) is 11.4. The first kappa shape index (κ1) is 25.4. The van der Waals surface area contributed by atoms with E-state index in [4.69, 9.17) is 4.42 Å². The number of anilines is 3. The van der Waals surface area contributed by atoms with Gasteiger partial charge < -0.3 is 13.9 Å². The molecular weight excluding hydrogens is 548 g/mol. The molecule has 212 valence electrons. The lowest BCUT2D eigenvalue weighted by Gasteiger charge is -2.26. The Bertz CT molecular complexity index is 2420. The van der Waals surface area contributed by atoms with E-state index in [0.717, 1.165) is 55.8 Å². The Morgan fingerprint density at radius 1 is 0.400 bits per heavy atom. The average molecular weight is 577 g/mol. The highest BCUT2D eigenvalue weighted by Gasteiger charge is 2.16. The molecule has 2 heterocycles. The molecular formula is C42H28N2O. The van der Waals surface area contributed by atoms with E-state index in [1.54, 1.807) is 0 Å². The van der Waals surface area contributed by atoms with E-state index in [1.165, 1.54) is 21.8 Å². The van der Waals surface area contributed by atoms with Crippen LogP contribution in [0.25, 0.3) is 60.6 Å². The van der Waals surface area contributed by atoms with Crippen molar-refractivity contribution < 1.29 is 4.42 Å². The summed E-state index contributed by atoms with van der Waals surface area (Å²) in [6.45, 7) is 0. The molecule has 0 spiro atoms. The van der Waals surface area contributed by atoms with Gasteiger partial charge >= 0.3 is 0 Å². The molecule has 0 aliphatic carbocycles. The number of hydrogen-bond acceptors (Lipinski definition) is 2. The standard InChI is InChI=1S/C42H28N2O/c1-2-11-30(12-3-1)43(31-23-21-29(22-24-31)34-16-10-17-38-37-15-6-9-20-41(37)45-42(34)38)32-25-27-33(28-26-32)44-39-18-7-4-13-35(39)36-14-5-8-19-40(36)44/h1-28H. The van der Waals surface area contributed by atoms with Gasteiger partial charge in [0.2, 0.25) is 0 Å². The van der Waals surface area contributed by atoms with E-state index >= 15 is 0 Å². The molecule has 0 radical (unpaired) electrons. The number of rotatable bonds is 5. The van der Waals surface area contributed by atoms with Crippen molar-refractivity contribution in [2.24, 2.45) is 0 Å². The predicted molar refractivity (Wildman–Crippen MR) is 188 cm³/mol. The third kappa shape index (κ3) is 4.13. The molecule has 0 atom stereocenters. The number of nitrogens with zero attached hydrogens (tertiary/aromatic N) is 2. The highest BCUT2D eigenvalue weighted by Crippen LogP contribution is 2.39. The molecule has 0 amide bonds. The minimum Gasteiger partial charge on any atom is -0.455 e. The molecule has 0 fully saturated rings. The summed E-state index contributed by atoms with van der Waals surface area (Å²) in [6.07, 6.45) is 0. The Morgan fingerprint density at radius 2 is 0.933 bits per heavy atom. The first-order chi connectivity index (χ1) is 22.3. The molecule has 7 aromatic carbocycles. The summed E-state index contributed by atoms with van der Waals surface area (Å²) in [6, 6.07) is 60.1. The molecule has 0 saturated heterocycles. The van der Waals surface area contributed by atoms with Crippen LogP contribution in [0.3, 0.4) is 0 Å². The lowest BCUT2D eigenvalue weighted by molar-refractivity contribution is 0.670.